The molecular weight excluding hydrogens is 393 g/mol. The monoisotopic (exact) mass is 422 g/mol. The largest absolute Gasteiger partial charge is 0.494 e. The number of amides is 1. The molecule has 1 N–H and O–H groups in total. The standard InChI is InChI=1S/C23H29F3N2O2/c1-4-5-6-7-12-30-19-11-10-16-13-18(9-8-17(16)14-19)20(23(24,25)26)28-15-22(2,3)21(29)27-28/h8-11,13-14,20H,4-7,12,15H2,1-3H3,(H,27,29). The number of hydrogen-bond donors (Lipinski definition) is 1. The lowest BCUT2D eigenvalue weighted by atomic mass is 9.93. The lowest BCUT2D eigenvalue weighted by Gasteiger charge is -2.30. The summed E-state index contributed by atoms with van der Waals surface area (Å²) in [5.41, 5.74) is 1.63. The number of carbonyl (C=O) groups is 1. The molecule has 1 fully saturated rings. The first-order valence-electron chi connectivity index (χ1n) is 10.4. The molecule has 1 heterocycles. The van der Waals surface area contributed by atoms with Gasteiger partial charge in [-0.2, -0.15) is 13.2 Å². The molecule has 1 aliphatic rings. The van der Waals surface area contributed by atoms with Gasteiger partial charge in [-0.3, -0.25) is 10.2 Å². The van der Waals surface area contributed by atoms with Crippen LogP contribution >= 0.6 is 0 Å². The number of hydrazine groups is 1. The Morgan fingerprint density at radius 3 is 2.43 bits per heavy atom. The maximum Gasteiger partial charge on any atom is 0.409 e. The first kappa shape index (κ1) is 22.4. The molecule has 4 nitrogen and oxygen atoms in total. The number of nitrogens with one attached hydrogen (secondary N) is 1. The number of ether oxygens (including phenoxy) is 1. The minimum Gasteiger partial charge on any atom is -0.494 e. The number of benzene rings is 2. The predicted octanol–water partition coefficient (Wildman–Crippen LogP) is 5.78. The van der Waals surface area contributed by atoms with E-state index in [9.17, 15) is 18.0 Å². The van der Waals surface area contributed by atoms with Gasteiger partial charge in [0.25, 0.3) is 0 Å². The maximum atomic E-state index is 13.9. The molecule has 0 bridgehead atoms. The average Bonchev–Trinajstić information content (AvgIpc) is 2.92. The van der Waals surface area contributed by atoms with E-state index < -0.39 is 23.5 Å². The summed E-state index contributed by atoms with van der Waals surface area (Å²) in [6, 6.07) is 8.20. The fourth-order valence-corrected chi connectivity index (χ4v) is 3.74. The minimum atomic E-state index is -4.52. The molecule has 3 rings (SSSR count). The highest BCUT2D eigenvalue weighted by molar-refractivity contribution is 5.85. The van der Waals surface area contributed by atoms with Gasteiger partial charge in [0, 0.05) is 6.54 Å². The Kier molecular flexibility index (Phi) is 6.60. The second-order valence-corrected chi connectivity index (χ2v) is 8.57. The zero-order chi connectivity index (χ0) is 21.9. The SMILES string of the molecule is CCCCCCOc1ccc2cc(C(N3CC(C)(C)C(=O)N3)C(F)(F)F)ccc2c1. The van der Waals surface area contributed by atoms with Gasteiger partial charge in [0.1, 0.15) is 11.8 Å². The van der Waals surface area contributed by atoms with E-state index in [-0.39, 0.29) is 12.1 Å². The van der Waals surface area contributed by atoms with Crippen LogP contribution in [0.5, 0.6) is 5.75 Å². The first-order chi connectivity index (χ1) is 14.1. The lowest BCUT2D eigenvalue weighted by Crippen LogP contribution is -2.43. The topological polar surface area (TPSA) is 41.6 Å². The molecule has 1 aliphatic heterocycles. The van der Waals surface area contributed by atoms with Crippen molar-refractivity contribution in [3.8, 4) is 5.75 Å². The average molecular weight is 422 g/mol. The fraction of sp³-hybridized carbons (Fsp3) is 0.522. The zero-order valence-electron chi connectivity index (χ0n) is 17.7. The molecule has 0 radical (unpaired) electrons. The number of alkyl halides is 3. The molecule has 30 heavy (non-hydrogen) atoms. The van der Waals surface area contributed by atoms with Crippen molar-refractivity contribution in [1.82, 2.24) is 10.4 Å². The van der Waals surface area contributed by atoms with Gasteiger partial charge in [0.05, 0.1) is 12.0 Å². The molecule has 0 aromatic heterocycles. The van der Waals surface area contributed by atoms with Crippen molar-refractivity contribution in [3.63, 3.8) is 0 Å². The summed E-state index contributed by atoms with van der Waals surface area (Å²) >= 11 is 0. The molecule has 1 saturated heterocycles. The third kappa shape index (κ3) is 5.06. The van der Waals surface area contributed by atoms with Crippen molar-refractivity contribution >= 4 is 16.7 Å². The first-order valence-corrected chi connectivity index (χ1v) is 10.4. The molecule has 1 atom stereocenters. The molecule has 0 saturated carbocycles. The number of nitrogens with zero attached hydrogens (tertiary/aromatic N) is 1. The van der Waals surface area contributed by atoms with E-state index in [1.165, 1.54) is 18.6 Å². The molecular formula is C23H29F3N2O2. The summed E-state index contributed by atoms with van der Waals surface area (Å²) in [5.74, 6) is 0.311. The van der Waals surface area contributed by atoms with Crippen LogP contribution in [0, 0.1) is 5.41 Å². The van der Waals surface area contributed by atoms with Crippen LogP contribution in [0.15, 0.2) is 36.4 Å². The van der Waals surface area contributed by atoms with Gasteiger partial charge in [-0.25, -0.2) is 5.01 Å². The Labute approximate surface area is 175 Å². The van der Waals surface area contributed by atoms with Gasteiger partial charge in [-0.1, -0.05) is 44.4 Å². The van der Waals surface area contributed by atoms with E-state index in [0.29, 0.717) is 17.7 Å². The highest BCUT2D eigenvalue weighted by Crippen LogP contribution is 2.41. The Balaban J connectivity index is 1.80. The quantitative estimate of drug-likeness (QED) is 0.549. The molecule has 1 amide bonds. The fourth-order valence-electron chi connectivity index (χ4n) is 3.74. The van der Waals surface area contributed by atoms with Crippen LogP contribution in [0.4, 0.5) is 13.2 Å². The summed E-state index contributed by atoms with van der Waals surface area (Å²) in [5, 5.41) is 2.51. The van der Waals surface area contributed by atoms with E-state index in [4.69, 9.17) is 4.74 Å². The molecule has 2 aromatic rings. The molecule has 7 heteroatoms. The zero-order valence-corrected chi connectivity index (χ0v) is 17.7. The van der Waals surface area contributed by atoms with Crippen molar-refractivity contribution < 1.29 is 22.7 Å². The van der Waals surface area contributed by atoms with Crippen molar-refractivity contribution in [3.05, 3.63) is 42.0 Å². The summed E-state index contributed by atoms with van der Waals surface area (Å²) in [7, 11) is 0. The molecule has 164 valence electrons. The summed E-state index contributed by atoms with van der Waals surface area (Å²) in [4.78, 5) is 12.0. The normalized spacial score (nSPS) is 17.9. The Hall–Kier alpha value is -2.28. The molecule has 0 spiro atoms. The Morgan fingerprint density at radius 2 is 1.80 bits per heavy atom. The van der Waals surface area contributed by atoms with Crippen molar-refractivity contribution in [1.29, 1.82) is 0 Å². The van der Waals surface area contributed by atoms with Crippen molar-refractivity contribution in [2.75, 3.05) is 13.2 Å². The van der Waals surface area contributed by atoms with Gasteiger partial charge in [0.2, 0.25) is 5.91 Å². The van der Waals surface area contributed by atoms with Crippen LogP contribution in [0.3, 0.4) is 0 Å². The number of fused-ring (bicyclic) bond motifs is 1. The van der Waals surface area contributed by atoms with Crippen LogP contribution in [-0.2, 0) is 4.79 Å². The van der Waals surface area contributed by atoms with Crippen LogP contribution in [0.1, 0.15) is 58.1 Å². The van der Waals surface area contributed by atoms with Gasteiger partial charge in [0.15, 0.2) is 0 Å². The van der Waals surface area contributed by atoms with Crippen molar-refractivity contribution in [2.24, 2.45) is 5.41 Å². The number of unbranched alkanes of at least 4 members (excludes halogenated alkanes) is 3. The smallest absolute Gasteiger partial charge is 0.409 e. The molecule has 0 aliphatic carbocycles. The van der Waals surface area contributed by atoms with Crippen LogP contribution in [-0.4, -0.2) is 30.2 Å². The number of hydrogen-bond acceptors (Lipinski definition) is 3. The number of rotatable bonds is 8. The Bertz CT molecular complexity index is 896. The van der Waals surface area contributed by atoms with E-state index in [1.54, 1.807) is 32.0 Å². The van der Waals surface area contributed by atoms with Crippen LogP contribution in [0.2, 0.25) is 0 Å². The van der Waals surface area contributed by atoms with Gasteiger partial charge < -0.3 is 4.74 Å². The van der Waals surface area contributed by atoms with Crippen LogP contribution < -0.4 is 10.2 Å². The molecule has 2 aromatic carbocycles. The maximum absolute atomic E-state index is 13.9. The lowest BCUT2D eigenvalue weighted by molar-refractivity contribution is -0.191. The van der Waals surface area contributed by atoms with Crippen LogP contribution in [0.25, 0.3) is 10.8 Å². The van der Waals surface area contributed by atoms with Gasteiger partial charge in [-0.05, 0) is 54.8 Å². The summed E-state index contributed by atoms with van der Waals surface area (Å²) in [6.45, 7) is 6.04. The third-order valence-corrected chi connectivity index (χ3v) is 5.47. The second-order valence-electron chi connectivity index (χ2n) is 8.57. The minimum absolute atomic E-state index is 0.0150. The van der Waals surface area contributed by atoms with E-state index in [2.05, 4.69) is 12.3 Å². The summed E-state index contributed by atoms with van der Waals surface area (Å²) in [6.07, 6.45) is -0.0796. The van der Waals surface area contributed by atoms with Gasteiger partial charge >= 0.3 is 6.18 Å². The van der Waals surface area contributed by atoms with E-state index >= 15 is 0 Å². The number of carbonyl (C=O) groups excluding carboxylic acids is 1. The van der Waals surface area contributed by atoms with E-state index in [0.717, 1.165) is 29.7 Å². The van der Waals surface area contributed by atoms with Gasteiger partial charge in [-0.15, -0.1) is 0 Å². The predicted molar refractivity (Wildman–Crippen MR) is 111 cm³/mol. The highest BCUT2D eigenvalue weighted by atomic mass is 19.4. The van der Waals surface area contributed by atoms with E-state index in [1.807, 2.05) is 6.07 Å². The third-order valence-electron chi connectivity index (χ3n) is 5.47. The summed E-state index contributed by atoms with van der Waals surface area (Å²) < 4.78 is 47.5. The highest BCUT2D eigenvalue weighted by Gasteiger charge is 2.51. The van der Waals surface area contributed by atoms with Crippen molar-refractivity contribution in [2.45, 2.75) is 58.7 Å². The second kappa shape index (κ2) is 8.84. The Morgan fingerprint density at radius 1 is 1.10 bits per heavy atom. The number of halogens is 3. The molecule has 1 unspecified atom stereocenters.